The predicted molar refractivity (Wildman–Crippen MR) is 85.9 cm³/mol. The number of nitrogens with zero attached hydrogens (tertiary/aromatic N) is 2. The minimum absolute atomic E-state index is 0.585. The van der Waals surface area contributed by atoms with Crippen molar-refractivity contribution in [3.8, 4) is 11.5 Å². The van der Waals surface area contributed by atoms with Gasteiger partial charge in [-0.15, -0.1) is 22.0 Å². The Morgan fingerprint density at radius 2 is 1.67 bits per heavy atom. The molecule has 0 bridgehead atoms. The normalized spacial score (nSPS) is 10.7. The van der Waals surface area contributed by atoms with Gasteiger partial charge in [0.1, 0.15) is 0 Å². The lowest BCUT2D eigenvalue weighted by Gasteiger charge is -2.03. The molecule has 0 aliphatic rings. The molecule has 0 N–H and O–H groups in total. The molecule has 0 atom stereocenters. The first-order chi connectivity index (χ1) is 10.3. The Hall–Kier alpha value is -2.07. The quantitative estimate of drug-likeness (QED) is 0.696. The molecule has 0 amide bonds. The molecule has 106 valence electrons. The number of benzene rings is 2. The standard InChI is InChI=1S/C17H16N2OS/c1-13-7-5-6-10-15(13)11-21-12-16-18-19-17(20-16)14-8-3-2-4-9-14/h2-10H,11-12H2,1H3. The van der Waals surface area contributed by atoms with E-state index in [2.05, 4.69) is 41.4 Å². The zero-order chi connectivity index (χ0) is 14.5. The summed E-state index contributed by atoms with van der Waals surface area (Å²) < 4.78 is 5.69. The molecule has 21 heavy (non-hydrogen) atoms. The van der Waals surface area contributed by atoms with Gasteiger partial charge in [0.25, 0.3) is 0 Å². The Morgan fingerprint density at radius 1 is 0.905 bits per heavy atom. The molecule has 1 aromatic heterocycles. The molecule has 0 saturated carbocycles. The highest BCUT2D eigenvalue weighted by atomic mass is 32.2. The van der Waals surface area contributed by atoms with Gasteiger partial charge in [-0.2, -0.15) is 0 Å². The van der Waals surface area contributed by atoms with E-state index in [1.54, 1.807) is 11.8 Å². The van der Waals surface area contributed by atoms with Crippen molar-refractivity contribution < 1.29 is 4.42 Å². The summed E-state index contributed by atoms with van der Waals surface area (Å²) in [5, 5.41) is 8.21. The largest absolute Gasteiger partial charge is 0.420 e. The Morgan fingerprint density at radius 3 is 2.48 bits per heavy atom. The van der Waals surface area contributed by atoms with E-state index in [0.717, 1.165) is 17.1 Å². The first-order valence-corrected chi connectivity index (χ1v) is 7.98. The minimum Gasteiger partial charge on any atom is -0.420 e. The molecule has 2 aromatic carbocycles. The van der Waals surface area contributed by atoms with Crippen LogP contribution in [-0.4, -0.2) is 10.2 Å². The molecule has 0 spiro atoms. The third-order valence-corrected chi connectivity index (χ3v) is 4.20. The van der Waals surface area contributed by atoms with Gasteiger partial charge >= 0.3 is 0 Å². The van der Waals surface area contributed by atoms with Crippen LogP contribution in [0.25, 0.3) is 11.5 Å². The third kappa shape index (κ3) is 3.52. The van der Waals surface area contributed by atoms with Crippen molar-refractivity contribution >= 4 is 11.8 Å². The molecule has 3 nitrogen and oxygen atoms in total. The van der Waals surface area contributed by atoms with Gasteiger partial charge in [-0.05, 0) is 30.2 Å². The Balaban J connectivity index is 1.60. The average molecular weight is 296 g/mol. The fourth-order valence-electron chi connectivity index (χ4n) is 2.03. The van der Waals surface area contributed by atoms with Gasteiger partial charge in [0, 0.05) is 11.3 Å². The second-order valence-electron chi connectivity index (χ2n) is 4.79. The van der Waals surface area contributed by atoms with Gasteiger partial charge in [-0.3, -0.25) is 0 Å². The Bertz CT molecular complexity index is 710. The highest BCUT2D eigenvalue weighted by molar-refractivity contribution is 7.97. The summed E-state index contributed by atoms with van der Waals surface area (Å²) in [6.45, 7) is 2.14. The smallest absolute Gasteiger partial charge is 0.247 e. The van der Waals surface area contributed by atoms with E-state index in [-0.39, 0.29) is 0 Å². The molecule has 3 rings (SSSR count). The van der Waals surface area contributed by atoms with Crippen molar-refractivity contribution in [2.75, 3.05) is 0 Å². The van der Waals surface area contributed by atoms with Gasteiger partial charge in [0.2, 0.25) is 11.8 Å². The number of hydrogen-bond donors (Lipinski definition) is 0. The van der Waals surface area contributed by atoms with Gasteiger partial charge in [-0.1, -0.05) is 42.5 Å². The molecule has 0 aliphatic carbocycles. The molecule has 0 radical (unpaired) electrons. The summed E-state index contributed by atoms with van der Waals surface area (Å²) >= 11 is 1.79. The summed E-state index contributed by atoms with van der Waals surface area (Å²) in [6, 6.07) is 18.3. The summed E-state index contributed by atoms with van der Waals surface area (Å²) in [5.74, 6) is 2.94. The lowest BCUT2D eigenvalue weighted by atomic mass is 10.1. The summed E-state index contributed by atoms with van der Waals surface area (Å²) in [5.41, 5.74) is 3.63. The number of aryl methyl sites for hydroxylation is 1. The molecule has 0 unspecified atom stereocenters. The van der Waals surface area contributed by atoms with Gasteiger partial charge in [-0.25, -0.2) is 0 Å². The third-order valence-electron chi connectivity index (χ3n) is 3.23. The van der Waals surface area contributed by atoms with Crippen molar-refractivity contribution in [3.63, 3.8) is 0 Å². The highest BCUT2D eigenvalue weighted by Crippen LogP contribution is 2.22. The number of rotatable bonds is 5. The van der Waals surface area contributed by atoms with Crippen LogP contribution in [0.3, 0.4) is 0 Å². The lowest BCUT2D eigenvalue weighted by Crippen LogP contribution is -1.87. The van der Waals surface area contributed by atoms with Gasteiger partial charge in [0.15, 0.2) is 0 Å². The minimum atomic E-state index is 0.585. The van der Waals surface area contributed by atoms with Crippen LogP contribution in [0.4, 0.5) is 0 Å². The number of aromatic nitrogens is 2. The van der Waals surface area contributed by atoms with E-state index in [9.17, 15) is 0 Å². The van der Waals surface area contributed by atoms with E-state index in [1.165, 1.54) is 11.1 Å². The van der Waals surface area contributed by atoms with Crippen LogP contribution in [0.5, 0.6) is 0 Å². The van der Waals surface area contributed by atoms with E-state index in [4.69, 9.17) is 4.42 Å². The van der Waals surface area contributed by atoms with E-state index in [1.807, 2.05) is 30.3 Å². The van der Waals surface area contributed by atoms with Gasteiger partial charge < -0.3 is 4.42 Å². The summed E-state index contributed by atoms with van der Waals surface area (Å²) in [7, 11) is 0. The maximum atomic E-state index is 5.69. The van der Waals surface area contributed by atoms with Crippen LogP contribution in [0.1, 0.15) is 17.0 Å². The highest BCUT2D eigenvalue weighted by Gasteiger charge is 2.08. The number of thioether (sulfide) groups is 1. The second-order valence-corrected chi connectivity index (χ2v) is 5.77. The van der Waals surface area contributed by atoms with Crippen LogP contribution in [0.15, 0.2) is 59.0 Å². The van der Waals surface area contributed by atoms with Crippen LogP contribution in [0, 0.1) is 6.92 Å². The SMILES string of the molecule is Cc1ccccc1CSCc1nnc(-c2ccccc2)o1. The topological polar surface area (TPSA) is 38.9 Å². The van der Waals surface area contributed by atoms with Crippen LogP contribution in [-0.2, 0) is 11.5 Å². The van der Waals surface area contributed by atoms with Crippen molar-refractivity contribution in [2.45, 2.75) is 18.4 Å². The lowest BCUT2D eigenvalue weighted by molar-refractivity contribution is 0.528. The van der Waals surface area contributed by atoms with Crippen LogP contribution in [0.2, 0.25) is 0 Å². The monoisotopic (exact) mass is 296 g/mol. The summed E-state index contributed by atoms with van der Waals surface area (Å²) in [4.78, 5) is 0. The van der Waals surface area contributed by atoms with Crippen molar-refractivity contribution in [2.24, 2.45) is 0 Å². The zero-order valence-corrected chi connectivity index (χ0v) is 12.6. The first kappa shape index (κ1) is 13.9. The molecule has 4 heteroatoms. The van der Waals surface area contributed by atoms with Crippen molar-refractivity contribution in [1.29, 1.82) is 0 Å². The first-order valence-electron chi connectivity index (χ1n) is 6.83. The zero-order valence-electron chi connectivity index (χ0n) is 11.8. The molecule has 0 saturated heterocycles. The molecular formula is C17H16N2OS. The summed E-state index contributed by atoms with van der Waals surface area (Å²) in [6.07, 6.45) is 0. The van der Waals surface area contributed by atoms with E-state index >= 15 is 0 Å². The van der Waals surface area contributed by atoms with E-state index in [0.29, 0.717) is 11.8 Å². The predicted octanol–water partition coefficient (Wildman–Crippen LogP) is 4.48. The molecular weight excluding hydrogens is 280 g/mol. The maximum Gasteiger partial charge on any atom is 0.247 e. The Labute approximate surface area is 128 Å². The molecule has 3 aromatic rings. The fourth-order valence-corrected chi connectivity index (χ4v) is 2.97. The fraction of sp³-hybridized carbons (Fsp3) is 0.176. The molecule has 1 heterocycles. The van der Waals surface area contributed by atoms with Crippen molar-refractivity contribution in [3.05, 3.63) is 71.6 Å². The Kier molecular flexibility index (Phi) is 4.36. The average Bonchev–Trinajstić information content (AvgIpc) is 2.99. The molecule has 0 fully saturated rings. The van der Waals surface area contributed by atoms with Crippen LogP contribution < -0.4 is 0 Å². The van der Waals surface area contributed by atoms with Crippen LogP contribution >= 0.6 is 11.8 Å². The number of hydrogen-bond acceptors (Lipinski definition) is 4. The maximum absolute atomic E-state index is 5.69. The second kappa shape index (κ2) is 6.59. The molecule has 0 aliphatic heterocycles. The van der Waals surface area contributed by atoms with Crippen molar-refractivity contribution in [1.82, 2.24) is 10.2 Å². The van der Waals surface area contributed by atoms with Gasteiger partial charge in [0.05, 0.1) is 5.75 Å². The van der Waals surface area contributed by atoms with E-state index < -0.39 is 0 Å².